The molecule has 0 rings (SSSR count). The highest BCUT2D eigenvalue weighted by Gasteiger charge is 2.35. The Morgan fingerprint density at radius 2 is 0.781 bits per heavy atom. The lowest BCUT2D eigenvalue weighted by Gasteiger charge is -2.49. The zero-order valence-corrected chi connectivity index (χ0v) is 24.0. The van der Waals surface area contributed by atoms with Gasteiger partial charge in [0.1, 0.15) is 0 Å². The van der Waals surface area contributed by atoms with Gasteiger partial charge in [-0.15, -0.1) is 0 Å². The highest BCUT2D eigenvalue weighted by molar-refractivity contribution is 7.17. The molecule has 1 atom stereocenters. The van der Waals surface area contributed by atoms with Gasteiger partial charge in [0.15, 0.2) is 0 Å². The molecule has 194 valence electrons. The quantitative estimate of drug-likeness (QED) is 0.0844. The van der Waals surface area contributed by atoms with Crippen LogP contribution in [0.5, 0.6) is 0 Å². The van der Waals surface area contributed by atoms with Crippen LogP contribution in [-0.4, -0.2) is 42.1 Å². The van der Waals surface area contributed by atoms with E-state index < -0.39 is 5.60 Å². The van der Waals surface area contributed by atoms with Crippen molar-refractivity contribution in [3.63, 3.8) is 0 Å². The second kappa shape index (κ2) is 20.7. The molecule has 0 radical (unpaired) electrons. The van der Waals surface area contributed by atoms with Crippen molar-refractivity contribution < 1.29 is 9.59 Å². The van der Waals surface area contributed by atoms with E-state index >= 15 is 0 Å². The minimum Gasteiger partial charge on any atom is -0.489 e. The molecule has 0 aliphatic carbocycles. The summed E-state index contributed by atoms with van der Waals surface area (Å²) >= 11 is 0. The Hall–Kier alpha value is 0.350. The summed E-state index contributed by atoms with van der Waals surface area (Å²) in [6.07, 6.45) is 28.9. The molecule has 3 heteroatoms. The van der Waals surface area contributed by atoms with Crippen molar-refractivity contribution in [2.24, 2.45) is 0 Å². The standard InChI is InChI=1S/C29H62NOP/c1-6-8-10-12-14-16-18-20-22-24-26-29(31,28(32)30(3,4)5)27-25-23-21-19-17-15-13-11-9-7-2/h28,31-32H,6-27H2,1-5H3. The summed E-state index contributed by atoms with van der Waals surface area (Å²) in [5, 5.41) is 11.6. The van der Waals surface area contributed by atoms with E-state index in [0.29, 0.717) is 0 Å². The predicted octanol–water partition coefficient (Wildman–Crippen LogP) is 9.51. The third-order valence-electron chi connectivity index (χ3n) is 7.21. The normalized spacial score (nSPS) is 13.6. The van der Waals surface area contributed by atoms with Gasteiger partial charge >= 0.3 is 0 Å². The number of unbranched alkanes of at least 4 members (excludes halogenated alkanes) is 18. The first-order valence-corrected chi connectivity index (χ1v) is 15.1. The fraction of sp³-hybridized carbons (Fsp3) is 1.00. The molecule has 0 aromatic rings. The van der Waals surface area contributed by atoms with E-state index in [-0.39, 0.29) is 5.78 Å². The summed E-state index contributed by atoms with van der Waals surface area (Å²) in [6, 6.07) is 0. The van der Waals surface area contributed by atoms with Crippen molar-refractivity contribution in [3.8, 4) is 0 Å². The number of rotatable bonds is 24. The average molecular weight is 472 g/mol. The monoisotopic (exact) mass is 471 g/mol. The Kier molecular flexibility index (Phi) is 20.9. The molecule has 0 aliphatic heterocycles. The molecule has 0 saturated carbocycles. The van der Waals surface area contributed by atoms with Crippen LogP contribution in [0.3, 0.4) is 0 Å². The molecule has 2 nitrogen and oxygen atoms in total. The van der Waals surface area contributed by atoms with E-state index in [9.17, 15) is 5.11 Å². The molecule has 1 N–H and O–H groups in total. The largest absolute Gasteiger partial charge is 0.489 e. The highest BCUT2D eigenvalue weighted by atomic mass is 31.0. The van der Waals surface area contributed by atoms with Crippen LogP contribution in [-0.2, 0) is 0 Å². The van der Waals surface area contributed by atoms with Gasteiger partial charge in [-0.05, 0) is 18.6 Å². The summed E-state index contributed by atoms with van der Waals surface area (Å²) < 4.78 is 0.767. The van der Waals surface area contributed by atoms with Crippen LogP contribution in [0, 0.1) is 0 Å². The molecule has 0 aromatic carbocycles. The van der Waals surface area contributed by atoms with Crippen LogP contribution in [0.1, 0.15) is 155 Å². The van der Waals surface area contributed by atoms with Gasteiger partial charge in [0.05, 0.1) is 26.7 Å². The summed E-state index contributed by atoms with van der Waals surface area (Å²) in [4.78, 5) is 0. The fourth-order valence-corrected chi connectivity index (χ4v) is 5.25. The van der Waals surface area contributed by atoms with Gasteiger partial charge in [0.2, 0.25) is 0 Å². The zero-order chi connectivity index (χ0) is 24.1. The maximum Gasteiger partial charge on any atom is 0.0878 e. The number of hydrogen-bond acceptors (Lipinski definition) is 1. The summed E-state index contributed by atoms with van der Waals surface area (Å²) in [7, 11) is 10.5. The smallest absolute Gasteiger partial charge is 0.0878 e. The Morgan fingerprint density at radius 1 is 0.531 bits per heavy atom. The van der Waals surface area contributed by atoms with Crippen molar-refractivity contribution in [2.45, 2.75) is 166 Å². The van der Waals surface area contributed by atoms with E-state index in [1.807, 2.05) is 0 Å². The third kappa shape index (κ3) is 17.8. The van der Waals surface area contributed by atoms with Gasteiger partial charge in [-0.1, -0.05) is 142 Å². The zero-order valence-electron chi connectivity index (χ0n) is 23.0. The summed E-state index contributed by atoms with van der Waals surface area (Å²) in [5.41, 5.74) is -0.588. The first kappa shape index (κ1) is 32.4. The van der Waals surface area contributed by atoms with Crippen LogP contribution in [0.15, 0.2) is 0 Å². The fourth-order valence-electron chi connectivity index (χ4n) is 4.96. The molecule has 0 aliphatic rings. The van der Waals surface area contributed by atoms with Crippen LogP contribution in [0.2, 0.25) is 0 Å². The lowest BCUT2D eigenvalue weighted by Crippen LogP contribution is -2.55. The molecule has 0 aromatic heterocycles. The second-order valence-electron chi connectivity index (χ2n) is 11.5. The maximum atomic E-state index is 11.6. The van der Waals surface area contributed by atoms with Gasteiger partial charge in [0, 0.05) is 0 Å². The van der Waals surface area contributed by atoms with E-state index in [1.54, 1.807) is 0 Å². The van der Waals surface area contributed by atoms with Crippen molar-refractivity contribution in [3.05, 3.63) is 0 Å². The van der Waals surface area contributed by atoms with Crippen LogP contribution in [0.25, 0.3) is 0 Å². The molecule has 0 spiro atoms. The Labute approximate surface area is 206 Å². The molecule has 0 heterocycles. The molecule has 32 heavy (non-hydrogen) atoms. The Bertz CT molecular complexity index is 369. The Balaban J connectivity index is 4.08. The number of hydrogen-bond donors (Lipinski definition) is 1. The van der Waals surface area contributed by atoms with Crippen LogP contribution in [0.4, 0.5) is 0 Å². The van der Waals surface area contributed by atoms with Gasteiger partial charge in [-0.2, -0.15) is 0 Å². The van der Waals surface area contributed by atoms with Gasteiger partial charge in [-0.3, -0.25) is 0 Å². The van der Waals surface area contributed by atoms with E-state index in [4.69, 9.17) is 0 Å². The maximum absolute atomic E-state index is 11.6. The van der Waals surface area contributed by atoms with E-state index in [1.165, 1.54) is 116 Å². The van der Waals surface area contributed by atoms with Crippen molar-refractivity contribution in [1.82, 2.24) is 0 Å². The third-order valence-corrected chi connectivity index (χ3v) is 8.52. The first-order valence-electron chi connectivity index (χ1n) is 14.5. The summed E-state index contributed by atoms with van der Waals surface area (Å²) in [6.45, 7) is 4.57. The van der Waals surface area contributed by atoms with E-state index in [2.05, 4.69) is 44.2 Å². The van der Waals surface area contributed by atoms with Crippen molar-refractivity contribution in [2.75, 3.05) is 21.1 Å². The second-order valence-corrected chi connectivity index (χ2v) is 12.0. The van der Waals surface area contributed by atoms with Crippen LogP contribution >= 0.6 is 9.24 Å². The predicted molar refractivity (Wildman–Crippen MR) is 148 cm³/mol. The average Bonchev–Trinajstić information content (AvgIpc) is 2.75. The molecular formula is C29H62NOP. The minimum absolute atomic E-state index is 0.0969. The topological polar surface area (TPSA) is 20.2 Å². The molecule has 0 saturated heterocycles. The molecule has 0 amide bonds. The number of aliphatic hydroxyl groups is 1. The lowest BCUT2D eigenvalue weighted by molar-refractivity contribution is -0.888. The number of likely N-dealkylation sites (N-methyl/N-ethyl adjacent to an activating group) is 1. The number of quaternary nitrogens is 1. The van der Waals surface area contributed by atoms with Crippen molar-refractivity contribution >= 4 is 9.24 Å². The van der Waals surface area contributed by atoms with Crippen LogP contribution < -0.4 is 0 Å². The summed E-state index contributed by atoms with van der Waals surface area (Å²) in [5.74, 6) is 0.0969. The van der Waals surface area contributed by atoms with Crippen molar-refractivity contribution in [1.29, 1.82) is 0 Å². The van der Waals surface area contributed by atoms with E-state index in [0.717, 1.165) is 30.2 Å². The SMILES string of the molecule is CCCCCCCCCCCCC(O)(CCCCCCCCCCCC)C([PH-])[N+](C)(C)C. The van der Waals surface area contributed by atoms with Gasteiger partial charge in [-0.25, -0.2) is 0 Å². The lowest BCUT2D eigenvalue weighted by atomic mass is 9.88. The van der Waals surface area contributed by atoms with Gasteiger partial charge < -0.3 is 18.8 Å². The molecule has 1 unspecified atom stereocenters. The molecule has 0 fully saturated rings. The molecule has 0 bridgehead atoms. The van der Waals surface area contributed by atoms with Gasteiger partial charge in [0.25, 0.3) is 0 Å². The first-order chi connectivity index (χ1) is 15.3. The molecular weight excluding hydrogens is 409 g/mol. The minimum atomic E-state index is -0.588. The Morgan fingerprint density at radius 3 is 1.03 bits per heavy atom. The number of nitrogens with zero attached hydrogens (tertiary/aromatic N) is 1. The highest BCUT2D eigenvalue weighted by Crippen LogP contribution is 2.34.